The molecule has 1 aromatic carbocycles. The van der Waals surface area contributed by atoms with Crippen LogP contribution < -0.4 is 15.4 Å². The van der Waals surface area contributed by atoms with Crippen molar-refractivity contribution >= 4 is 11.9 Å². The van der Waals surface area contributed by atoms with Gasteiger partial charge in [-0.2, -0.15) is 0 Å². The fourth-order valence-corrected chi connectivity index (χ4v) is 3.82. The average molecular weight is 394 g/mol. The Labute approximate surface area is 164 Å². The first-order valence-electron chi connectivity index (χ1n) is 9.90. The fourth-order valence-electron chi connectivity index (χ4n) is 3.82. The highest BCUT2D eigenvalue weighted by molar-refractivity contribution is 5.81. The number of hydrogen-bond donors (Lipinski definition) is 2. The highest BCUT2D eigenvalue weighted by Crippen LogP contribution is 2.27. The maximum Gasteiger partial charge on any atom is 0.225 e. The van der Waals surface area contributed by atoms with E-state index in [1.165, 1.54) is 6.07 Å². The van der Waals surface area contributed by atoms with E-state index in [2.05, 4.69) is 15.6 Å². The predicted molar refractivity (Wildman–Crippen MR) is 103 cm³/mol. The zero-order valence-corrected chi connectivity index (χ0v) is 16.2. The summed E-state index contributed by atoms with van der Waals surface area (Å²) < 4.78 is 31.7. The molecule has 0 radical (unpaired) electrons. The van der Waals surface area contributed by atoms with Crippen molar-refractivity contribution in [2.45, 2.75) is 38.1 Å². The third-order valence-electron chi connectivity index (χ3n) is 5.31. The van der Waals surface area contributed by atoms with Gasteiger partial charge in [-0.05, 0) is 31.4 Å². The van der Waals surface area contributed by atoms with Crippen molar-refractivity contribution in [2.75, 3.05) is 33.3 Å². The molecule has 0 bridgehead atoms. The SMILES string of the molecule is CN=C(NCCOc1ccc(F)cc1F)NC1CCN(C(=O)C2CCCC2)C1. The van der Waals surface area contributed by atoms with E-state index in [-0.39, 0.29) is 24.3 Å². The molecule has 2 fully saturated rings. The Morgan fingerprint density at radius 2 is 2.07 bits per heavy atom. The topological polar surface area (TPSA) is 66.0 Å². The number of likely N-dealkylation sites (tertiary alicyclic amines) is 1. The van der Waals surface area contributed by atoms with Gasteiger partial charge in [0.15, 0.2) is 17.5 Å². The third-order valence-corrected chi connectivity index (χ3v) is 5.31. The van der Waals surface area contributed by atoms with E-state index in [0.29, 0.717) is 25.0 Å². The molecule has 1 saturated carbocycles. The Balaban J connectivity index is 1.38. The smallest absolute Gasteiger partial charge is 0.225 e. The van der Waals surface area contributed by atoms with Gasteiger partial charge in [0.1, 0.15) is 12.4 Å². The number of carbonyl (C=O) groups is 1. The van der Waals surface area contributed by atoms with Crippen LogP contribution in [0.25, 0.3) is 0 Å². The van der Waals surface area contributed by atoms with Gasteiger partial charge in [-0.15, -0.1) is 0 Å². The van der Waals surface area contributed by atoms with E-state index in [1.54, 1.807) is 7.05 Å². The van der Waals surface area contributed by atoms with Crippen LogP contribution in [-0.4, -0.2) is 56.1 Å². The quantitative estimate of drug-likeness (QED) is 0.442. The monoisotopic (exact) mass is 394 g/mol. The maximum absolute atomic E-state index is 13.5. The van der Waals surface area contributed by atoms with Crippen molar-refractivity contribution in [1.29, 1.82) is 0 Å². The zero-order chi connectivity index (χ0) is 19.9. The number of rotatable bonds is 6. The number of guanidine groups is 1. The van der Waals surface area contributed by atoms with Crippen molar-refractivity contribution in [3.8, 4) is 5.75 Å². The highest BCUT2D eigenvalue weighted by Gasteiger charge is 2.32. The number of aliphatic imine (C=N–C) groups is 1. The Kier molecular flexibility index (Phi) is 7.06. The van der Waals surface area contributed by atoms with E-state index in [0.717, 1.165) is 50.8 Å². The van der Waals surface area contributed by atoms with Crippen LogP contribution in [0.15, 0.2) is 23.2 Å². The molecule has 2 aliphatic rings. The molecule has 0 aromatic heterocycles. The molecule has 1 amide bonds. The number of ether oxygens (including phenoxy) is 1. The second-order valence-electron chi connectivity index (χ2n) is 7.32. The number of amides is 1. The largest absolute Gasteiger partial charge is 0.489 e. The summed E-state index contributed by atoms with van der Waals surface area (Å²) in [5, 5.41) is 6.43. The number of halogens is 2. The van der Waals surface area contributed by atoms with Gasteiger partial charge < -0.3 is 20.3 Å². The predicted octanol–water partition coefficient (Wildman–Crippen LogP) is 2.30. The average Bonchev–Trinajstić information content (AvgIpc) is 3.37. The number of hydrogen-bond acceptors (Lipinski definition) is 3. The Morgan fingerprint density at radius 3 is 2.79 bits per heavy atom. The molecular formula is C20H28F2N4O2. The summed E-state index contributed by atoms with van der Waals surface area (Å²) in [4.78, 5) is 18.7. The molecule has 1 unspecified atom stereocenters. The number of nitrogens with zero attached hydrogens (tertiary/aromatic N) is 2. The highest BCUT2D eigenvalue weighted by atomic mass is 19.1. The summed E-state index contributed by atoms with van der Waals surface area (Å²) in [6.45, 7) is 2.08. The lowest BCUT2D eigenvalue weighted by Gasteiger charge is -2.21. The second kappa shape index (κ2) is 9.71. The van der Waals surface area contributed by atoms with Gasteiger partial charge in [-0.1, -0.05) is 12.8 Å². The molecule has 6 nitrogen and oxygen atoms in total. The first-order valence-corrected chi connectivity index (χ1v) is 9.90. The number of benzene rings is 1. The van der Waals surface area contributed by atoms with Gasteiger partial charge in [0.05, 0.1) is 6.54 Å². The Hall–Kier alpha value is -2.38. The number of carbonyl (C=O) groups excluding carboxylic acids is 1. The van der Waals surface area contributed by atoms with Gasteiger partial charge in [0, 0.05) is 38.2 Å². The van der Waals surface area contributed by atoms with Gasteiger partial charge in [0.2, 0.25) is 5.91 Å². The second-order valence-corrected chi connectivity index (χ2v) is 7.32. The van der Waals surface area contributed by atoms with Crippen LogP contribution in [-0.2, 0) is 4.79 Å². The first kappa shape index (κ1) is 20.4. The van der Waals surface area contributed by atoms with E-state index in [4.69, 9.17) is 4.74 Å². The Morgan fingerprint density at radius 1 is 1.29 bits per heavy atom. The minimum Gasteiger partial charge on any atom is -0.489 e. The summed E-state index contributed by atoms with van der Waals surface area (Å²) in [6, 6.07) is 3.38. The lowest BCUT2D eigenvalue weighted by atomic mass is 10.1. The van der Waals surface area contributed by atoms with Crippen molar-refractivity contribution in [2.24, 2.45) is 10.9 Å². The van der Waals surface area contributed by atoms with Gasteiger partial charge in [-0.25, -0.2) is 8.78 Å². The van der Waals surface area contributed by atoms with Crippen LogP contribution >= 0.6 is 0 Å². The molecule has 1 atom stereocenters. The van der Waals surface area contributed by atoms with Crippen molar-refractivity contribution < 1.29 is 18.3 Å². The van der Waals surface area contributed by atoms with E-state index in [9.17, 15) is 13.6 Å². The summed E-state index contributed by atoms with van der Waals surface area (Å²) in [5.41, 5.74) is 0. The molecule has 8 heteroatoms. The van der Waals surface area contributed by atoms with Crippen LogP contribution in [0.3, 0.4) is 0 Å². The fraction of sp³-hybridized carbons (Fsp3) is 0.600. The summed E-state index contributed by atoms with van der Waals surface area (Å²) >= 11 is 0. The lowest BCUT2D eigenvalue weighted by molar-refractivity contribution is -0.134. The molecule has 0 spiro atoms. The van der Waals surface area contributed by atoms with Gasteiger partial charge >= 0.3 is 0 Å². The van der Waals surface area contributed by atoms with E-state index in [1.807, 2.05) is 4.90 Å². The van der Waals surface area contributed by atoms with E-state index >= 15 is 0 Å². The molecule has 28 heavy (non-hydrogen) atoms. The molecule has 2 N–H and O–H groups in total. The Bertz CT molecular complexity index is 707. The molecule has 1 aromatic rings. The summed E-state index contributed by atoms with van der Waals surface area (Å²) in [5.74, 6) is -0.226. The molecule has 154 valence electrons. The van der Waals surface area contributed by atoms with Crippen molar-refractivity contribution in [3.05, 3.63) is 29.8 Å². The molecule has 1 heterocycles. The molecular weight excluding hydrogens is 366 g/mol. The van der Waals surface area contributed by atoms with Crippen LogP contribution in [0.1, 0.15) is 32.1 Å². The van der Waals surface area contributed by atoms with Crippen LogP contribution in [0.5, 0.6) is 5.75 Å². The maximum atomic E-state index is 13.5. The minimum atomic E-state index is -0.722. The molecule has 1 aliphatic carbocycles. The van der Waals surface area contributed by atoms with Crippen molar-refractivity contribution in [1.82, 2.24) is 15.5 Å². The van der Waals surface area contributed by atoms with Gasteiger partial charge in [-0.3, -0.25) is 9.79 Å². The lowest BCUT2D eigenvalue weighted by Crippen LogP contribution is -2.46. The third kappa shape index (κ3) is 5.33. The first-order chi connectivity index (χ1) is 13.6. The molecule has 1 saturated heterocycles. The minimum absolute atomic E-state index is 0.0167. The summed E-state index contributed by atoms with van der Waals surface area (Å²) in [6.07, 6.45) is 5.24. The van der Waals surface area contributed by atoms with Crippen molar-refractivity contribution in [3.63, 3.8) is 0 Å². The molecule has 3 rings (SSSR count). The normalized spacial score (nSPS) is 20.5. The standard InChI is InChI=1S/C20H28F2N4O2/c1-23-20(24-9-11-28-18-7-6-15(21)12-17(18)22)25-16-8-10-26(13-16)19(27)14-4-2-3-5-14/h6-7,12,14,16H,2-5,8-11,13H2,1H3,(H2,23,24,25). The van der Waals surface area contributed by atoms with E-state index < -0.39 is 11.6 Å². The summed E-state index contributed by atoms with van der Waals surface area (Å²) in [7, 11) is 1.67. The zero-order valence-electron chi connectivity index (χ0n) is 16.2. The molecule has 1 aliphatic heterocycles. The van der Waals surface area contributed by atoms with Crippen LogP contribution in [0.2, 0.25) is 0 Å². The van der Waals surface area contributed by atoms with Gasteiger partial charge in [0.25, 0.3) is 0 Å². The number of nitrogens with one attached hydrogen (secondary N) is 2. The van der Waals surface area contributed by atoms with Crippen LogP contribution in [0.4, 0.5) is 8.78 Å². The van der Waals surface area contributed by atoms with Crippen LogP contribution in [0, 0.1) is 17.6 Å².